The van der Waals surface area contributed by atoms with Gasteiger partial charge in [-0.25, -0.2) is 4.79 Å². The molecule has 0 saturated carbocycles. The lowest BCUT2D eigenvalue weighted by Crippen LogP contribution is -1.93. The van der Waals surface area contributed by atoms with Gasteiger partial charge in [0.15, 0.2) is 0 Å². The average molecular weight is 278 g/mol. The van der Waals surface area contributed by atoms with Crippen LogP contribution in [0, 0.1) is 0 Å². The third-order valence-electron chi connectivity index (χ3n) is 1.03. The summed E-state index contributed by atoms with van der Waals surface area (Å²) in [6, 6.07) is 0. The molecule has 66 valence electrons. The van der Waals surface area contributed by atoms with Crippen LogP contribution < -0.4 is 0 Å². The molecule has 0 aromatic heterocycles. The van der Waals surface area contributed by atoms with Gasteiger partial charge >= 0.3 is 5.97 Å². The van der Waals surface area contributed by atoms with E-state index in [1.165, 1.54) is 13.2 Å². The zero-order valence-electron chi connectivity index (χ0n) is 7.08. The van der Waals surface area contributed by atoms with Gasteiger partial charge in [0.25, 0.3) is 0 Å². The largest absolute Gasteiger partial charge is 0.466 e. The Hall–Kier alpha value is -0.580. The Morgan fingerprint density at radius 2 is 2.08 bits per heavy atom. The van der Waals surface area contributed by atoms with E-state index >= 15 is 0 Å². The third kappa shape index (κ3) is 6.15. The average Bonchev–Trinajstić information content (AvgIpc) is 2.10. The first-order valence-electron chi connectivity index (χ1n) is 3.45. The molecule has 0 unspecified atom stereocenters. The molecule has 2 nitrogen and oxygen atoms in total. The highest BCUT2D eigenvalue weighted by molar-refractivity contribution is 14.1. The summed E-state index contributed by atoms with van der Waals surface area (Å²) in [5.41, 5.74) is 0. The summed E-state index contributed by atoms with van der Waals surface area (Å²) in [7, 11) is 1.36. The normalized spacial score (nSPS) is 12.8. The molecule has 0 aliphatic carbocycles. The molecular formula is C9H11IO2. The lowest BCUT2D eigenvalue weighted by atomic mass is 10.4. The van der Waals surface area contributed by atoms with E-state index in [9.17, 15) is 4.79 Å². The molecule has 0 N–H and O–H groups in total. The van der Waals surface area contributed by atoms with Crippen molar-refractivity contribution in [2.75, 3.05) is 7.11 Å². The first-order chi connectivity index (χ1) is 5.70. The van der Waals surface area contributed by atoms with Crippen molar-refractivity contribution >= 4 is 28.6 Å². The van der Waals surface area contributed by atoms with E-state index in [0.29, 0.717) is 0 Å². The summed E-state index contributed by atoms with van der Waals surface area (Å²) in [6.45, 7) is 1.93. The minimum absolute atomic E-state index is 0.335. The van der Waals surface area contributed by atoms with Crippen LogP contribution in [-0.4, -0.2) is 13.1 Å². The van der Waals surface area contributed by atoms with Gasteiger partial charge in [-0.1, -0.05) is 12.2 Å². The second-order valence-electron chi connectivity index (χ2n) is 1.93. The maximum absolute atomic E-state index is 10.6. The Kier molecular flexibility index (Phi) is 6.75. The molecule has 0 aromatic carbocycles. The minimum atomic E-state index is -0.335. The third-order valence-corrected chi connectivity index (χ3v) is 1.75. The highest BCUT2D eigenvalue weighted by Gasteiger charge is 1.89. The molecule has 0 fully saturated rings. The predicted molar refractivity (Wildman–Crippen MR) is 58.1 cm³/mol. The van der Waals surface area contributed by atoms with E-state index in [4.69, 9.17) is 0 Å². The van der Waals surface area contributed by atoms with Crippen LogP contribution in [0.25, 0.3) is 0 Å². The highest BCUT2D eigenvalue weighted by Crippen LogP contribution is 2.07. The second kappa shape index (κ2) is 7.09. The molecule has 0 aliphatic heterocycles. The van der Waals surface area contributed by atoms with Crippen molar-refractivity contribution in [3.05, 3.63) is 34.0 Å². The lowest BCUT2D eigenvalue weighted by molar-refractivity contribution is -0.134. The maximum Gasteiger partial charge on any atom is 0.330 e. The Bertz CT molecular complexity index is 227. The van der Waals surface area contributed by atoms with Gasteiger partial charge in [-0.2, -0.15) is 0 Å². The quantitative estimate of drug-likeness (QED) is 0.343. The number of ether oxygens (including phenoxy) is 1. The molecule has 0 aromatic rings. The van der Waals surface area contributed by atoms with Crippen molar-refractivity contribution in [3.8, 4) is 0 Å². The van der Waals surface area contributed by atoms with Crippen LogP contribution in [-0.2, 0) is 9.53 Å². The first-order valence-corrected chi connectivity index (χ1v) is 4.53. The molecule has 0 bridgehead atoms. The van der Waals surface area contributed by atoms with Gasteiger partial charge < -0.3 is 4.74 Å². The summed E-state index contributed by atoms with van der Waals surface area (Å²) in [6.07, 6.45) is 8.82. The Morgan fingerprint density at radius 1 is 1.42 bits per heavy atom. The minimum Gasteiger partial charge on any atom is -0.466 e. The van der Waals surface area contributed by atoms with E-state index in [-0.39, 0.29) is 5.97 Å². The smallest absolute Gasteiger partial charge is 0.330 e. The van der Waals surface area contributed by atoms with E-state index in [2.05, 4.69) is 27.3 Å². The molecule has 0 radical (unpaired) electrons. The number of allylic oxidation sites excluding steroid dienone is 5. The summed E-state index contributed by atoms with van der Waals surface area (Å²) in [5.74, 6) is -0.335. The molecule has 0 saturated heterocycles. The number of hydrogen-bond acceptors (Lipinski definition) is 2. The van der Waals surface area contributed by atoms with Gasteiger partial charge in [-0.05, 0) is 41.7 Å². The molecule has 0 atom stereocenters. The Morgan fingerprint density at radius 3 is 2.58 bits per heavy atom. The number of halogens is 1. The van der Waals surface area contributed by atoms with E-state index in [1.54, 1.807) is 6.08 Å². The maximum atomic E-state index is 10.6. The van der Waals surface area contributed by atoms with Gasteiger partial charge in [-0.15, -0.1) is 0 Å². The summed E-state index contributed by atoms with van der Waals surface area (Å²) >= 11 is 2.13. The lowest BCUT2D eigenvalue weighted by Gasteiger charge is -1.88. The number of esters is 1. The Labute approximate surface area is 86.1 Å². The van der Waals surface area contributed by atoms with Crippen molar-refractivity contribution in [1.82, 2.24) is 0 Å². The van der Waals surface area contributed by atoms with Gasteiger partial charge in [0.05, 0.1) is 7.11 Å². The number of rotatable bonds is 3. The predicted octanol–water partition coefficient (Wildman–Crippen LogP) is 2.61. The molecule has 0 rings (SSSR count). The number of hydrogen-bond donors (Lipinski definition) is 0. The molecule has 0 spiro atoms. The van der Waals surface area contributed by atoms with E-state index < -0.39 is 0 Å². The zero-order chi connectivity index (χ0) is 9.40. The molecular weight excluding hydrogens is 267 g/mol. The van der Waals surface area contributed by atoms with Crippen LogP contribution in [0.4, 0.5) is 0 Å². The standard InChI is InChI=1S/C9H11IO2/c1-3-4-5-8(10)6-7-9(11)12-2/h3-7H,1-2H3/b4-3-,7-6+,8-5+. The highest BCUT2D eigenvalue weighted by atomic mass is 127. The fourth-order valence-electron chi connectivity index (χ4n) is 0.459. The fourth-order valence-corrected chi connectivity index (χ4v) is 0.847. The molecule has 0 amide bonds. The van der Waals surface area contributed by atoms with E-state index in [0.717, 1.165) is 3.58 Å². The second-order valence-corrected chi connectivity index (χ2v) is 3.18. The van der Waals surface area contributed by atoms with Crippen molar-refractivity contribution < 1.29 is 9.53 Å². The van der Waals surface area contributed by atoms with Gasteiger partial charge in [0.2, 0.25) is 0 Å². The number of carbonyl (C=O) groups is 1. The van der Waals surface area contributed by atoms with Gasteiger partial charge in [-0.3, -0.25) is 0 Å². The van der Waals surface area contributed by atoms with E-state index in [1.807, 2.05) is 25.2 Å². The van der Waals surface area contributed by atoms with Crippen LogP contribution >= 0.6 is 22.6 Å². The van der Waals surface area contributed by atoms with Crippen LogP contribution in [0.3, 0.4) is 0 Å². The summed E-state index contributed by atoms with van der Waals surface area (Å²) < 4.78 is 5.41. The van der Waals surface area contributed by atoms with Crippen LogP contribution in [0.1, 0.15) is 6.92 Å². The monoisotopic (exact) mass is 278 g/mol. The Balaban J connectivity index is 4.07. The molecule has 12 heavy (non-hydrogen) atoms. The zero-order valence-corrected chi connectivity index (χ0v) is 9.24. The van der Waals surface area contributed by atoms with Gasteiger partial charge in [0.1, 0.15) is 0 Å². The SMILES string of the molecule is C\C=C/C=C(I)\C=C\C(=O)OC. The van der Waals surface area contributed by atoms with Crippen molar-refractivity contribution in [2.45, 2.75) is 6.92 Å². The van der Waals surface area contributed by atoms with Gasteiger partial charge in [0, 0.05) is 9.66 Å². The molecule has 0 aliphatic rings. The van der Waals surface area contributed by atoms with Crippen LogP contribution in [0.15, 0.2) is 34.0 Å². The van der Waals surface area contributed by atoms with Crippen molar-refractivity contribution in [3.63, 3.8) is 0 Å². The first kappa shape index (κ1) is 11.4. The summed E-state index contributed by atoms with van der Waals surface area (Å²) in [5, 5.41) is 0. The van der Waals surface area contributed by atoms with Crippen molar-refractivity contribution in [2.24, 2.45) is 0 Å². The molecule has 0 heterocycles. The summed E-state index contributed by atoms with van der Waals surface area (Å²) in [4.78, 5) is 10.6. The topological polar surface area (TPSA) is 26.3 Å². The number of methoxy groups -OCH3 is 1. The van der Waals surface area contributed by atoms with Crippen molar-refractivity contribution in [1.29, 1.82) is 0 Å². The molecule has 3 heteroatoms. The fraction of sp³-hybridized carbons (Fsp3) is 0.222. The van der Waals surface area contributed by atoms with Crippen LogP contribution in [0.5, 0.6) is 0 Å². The van der Waals surface area contributed by atoms with Crippen LogP contribution in [0.2, 0.25) is 0 Å². The number of carbonyl (C=O) groups excluding carboxylic acids is 1.